The third-order valence-corrected chi connectivity index (χ3v) is 2.65. The van der Waals surface area contributed by atoms with Gasteiger partial charge in [0, 0.05) is 26.8 Å². The molecule has 0 fully saturated rings. The number of aromatic nitrogens is 1. The smallest absolute Gasteiger partial charge is 0.268 e. The van der Waals surface area contributed by atoms with E-state index in [4.69, 9.17) is 5.73 Å². The Morgan fingerprint density at radius 3 is 2.61 bits per heavy atom. The fourth-order valence-corrected chi connectivity index (χ4v) is 1.70. The van der Waals surface area contributed by atoms with Crippen LogP contribution >= 0.6 is 0 Å². The maximum absolute atomic E-state index is 12.0. The van der Waals surface area contributed by atoms with Crippen molar-refractivity contribution in [1.29, 1.82) is 0 Å². The number of nitrogens with zero attached hydrogens (tertiary/aromatic N) is 2. The van der Waals surface area contributed by atoms with E-state index in [1.54, 1.807) is 37.8 Å². The largest absolute Gasteiger partial charge is 0.397 e. The molecule has 1 aromatic heterocycles. The first kappa shape index (κ1) is 14.1. The molecule has 0 saturated heterocycles. The van der Waals surface area contributed by atoms with Crippen molar-refractivity contribution in [2.24, 2.45) is 0 Å². The van der Waals surface area contributed by atoms with Crippen molar-refractivity contribution >= 4 is 17.5 Å². The number of hydrogen-bond donors (Lipinski definition) is 2. The minimum atomic E-state index is -0.561. The molecule has 0 aliphatic heterocycles. The summed E-state index contributed by atoms with van der Waals surface area (Å²) in [4.78, 5) is 25.1. The highest BCUT2D eigenvalue weighted by molar-refractivity contribution is 5.97. The average Bonchev–Trinajstić information content (AvgIpc) is 2.69. The Morgan fingerprint density at radius 1 is 1.50 bits per heavy atom. The fraction of sp³-hybridized carbons (Fsp3) is 0.500. The summed E-state index contributed by atoms with van der Waals surface area (Å²) >= 11 is 0. The number of anilines is 1. The zero-order valence-electron chi connectivity index (χ0n) is 11.2. The summed E-state index contributed by atoms with van der Waals surface area (Å²) in [5.74, 6) is -0.442. The molecule has 6 nitrogen and oxygen atoms in total. The van der Waals surface area contributed by atoms with Gasteiger partial charge in [0.15, 0.2) is 0 Å². The van der Waals surface area contributed by atoms with Gasteiger partial charge < -0.3 is 20.5 Å². The van der Waals surface area contributed by atoms with Crippen LogP contribution in [-0.4, -0.2) is 41.4 Å². The van der Waals surface area contributed by atoms with Crippen LogP contribution < -0.4 is 11.1 Å². The Balaban J connectivity index is 2.79. The SMILES string of the molecule is CCn1cc(N)cc1C(=O)NC(C)C(=O)N(C)C. The van der Waals surface area contributed by atoms with Gasteiger partial charge in [0.1, 0.15) is 11.7 Å². The Bertz CT molecular complexity index is 451. The second-order valence-corrected chi connectivity index (χ2v) is 4.37. The second-order valence-electron chi connectivity index (χ2n) is 4.37. The zero-order chi connectivity index (χ0) is 13.9. The maximum Gasteiger partial charge on any atom is 0.268 e. The number of hydrogen-bond acceptors (Lipinski definition) is 3. The predicted molar refractivity (Wildman–Crippen MR) is 70.1 cm³/mol. The molecular formula is C12H20N4O2. The van der Waals surface area contributed by atoms with Crippen molar-refractivity contribution in [3.05, 3.63) is 18.0 Å². The Labute approximate surface area is 107 Å². The van der Waals surface area contributed by atoms with Crippen molar-refractivity contribution in [2.45, 2.75) is 26.4 Å². The van der Waals surface area contributed by atoms with Crippen LogP contribution in [0.1, 0.15) is 24.3 Å². The highest BCUT2D eigenvalue weighted by Gasteiger charge is 2.20. The minimum Gasteiger partial charge on any atom is -0.397 e. The molecule has 0 saturated carbocycles. The number of amides is 2. The molecule has 0 aromatic carbocycles. The van der Waals surface area contributed by atoms with Crippen LogP contribution in [0.25, 0.3) is 0 Å². The molecule has 0 spiro atoms. The van der Waals surface area contributed by atoms with Gasteiger partial charge in [-0.15, -0.1) is 0 Å². The van der Waals surface area contributed by atoms with Crippen molar-refractivity contribution in [3.63, 3.8) is 0 Å². The zero-order valence-corrected chi connectivity index (χ0v) is 11.2. The van der Waals surface area contributed by atoms with E-state index in [2.05, 4.69) is 5.32 Å². The number of carbonyl (C=O) groups is 2. The summed E-state index contributed by atoms with van der Waals surface area (Å²) in [6, 6.07) is 1.04. The molecule has 100 valence electrons. The minimum absolute atomic E-state index is 0.147. The maximum atomic E-state index is 12.0. The third kappa shape index (κ3) is 3.03. The summed E-state index contributed by atoms with van der Waals surface area (Å²) in [5.41, 5.74) is 6.66. The topological polar surface area (TPSA) is 80.4 Å². The molecule has 6 heteroatoms. The van der Waals surface area contributed by atoms with Crippen LogP contribution in [0.15, 0.2) is 12.3 Å². The Kier molecular flexibility index (Phi) is 4.36. The first-order valence-corrected chi connectivity index (χ1v) is 5.84. The summed E-state index contributed by atoms with van der Waals surface area (Å²) < 4.78 is 1.75. The predicted octanol–water partition coefficient (Wildman–Crippen LogP) is 0.297. The second kappa shape index (κ2) is 5.57. The van der Waals surface area contributed by atoms with Crippen LogP contribution in [0.5, 0.6) is 0 Å². The standard InChI is InChI=1S/C12H20N4O2/c1-5-16-7-9(13)6-10(16)11(17)14-8(2)12(18)15(3)4/h6-8H,5,13H2,1-4H3,(H,14,17). The quantitative estimate of drug-likeness (QED) is 0.808. The van der Waals surface area contributed by atoms with Crippen molar-refractivity contribution in [2.75, 3.05) is 19.8 Å². The summed E-state index contributed by atoms with van der Waals surface area (Å²) in [7, 11) is 3.30. The molecule has 0 aliphatic rings. The lowest BCUT2D eigenvalue weighted by molar-refractivity contribution is -0.130. The molecule has 2 amide bonds. The number of rotatable bonds is 4. The van der Waals surface area contributed by atoms with Crippen molar-refractivity contribution in [3.8, 4) is 0 Å². The molecule has 3 N–H and O–H groups in total. The molecule has 1 atom stereocenters. The molecule has 1 aromatic rings. The number of aryl methyl sites for hydroxylation is 1. The van der Waals surface area contributed by atoms with E-state index in [1.807, 2.05) is 6.92 Å². The lowest BCUT2D eigenvalue weighted by atomic mass is 10.2. The number of nitrogens with one attached hydrogen (secondary N) is 1. The van der Waals surface area contributed by atoms with Gasteiger partial charge >= 0.3 is 0 Å². The van der Waals surface area contributed by atoms with Crippen LogP contribution in [0.2, 0.25) is 0 Å². The van der Waals surface area contributed by atoms with Gasteiger partial charge in [0.2, 0.25) is 5.91 Å². The van der Waals surface area contributed by atoms with Gasteiger partial charge in [-0.05, 0) is 19.9 Å². The van der Waals surface area contributed by atoms with Gasteiger partial charge in [-0.25, -0.2) is 0 Å². The highest BCUT2D eigenvalue weighted by Crippen LogP contribution is 2.10. The summed E-state index contributed by atoms with van der Waals surface area (Å²) in [6.07, 6.45) is 1.70. The number of likely N-dealkylation sites (N-methyl/N-ethyl adjacent to an activating group) is 1. The fourth-order valence-electron chi connectivity index (χ4n) is 1.70. The van der Waals surface area contributed by atoms with E-state index in [9.17, 15) is 9.59 Å². The van der Waals surface area contributed by atoms with E-state index < -0.39 is 6.04 Å². The summed E-state index contributed by atoms with van der Waals surface area (Å²) in [5, 5.41) is 2.66. The highest BCUT2D eigenvalue weighted by atomic mass is 16.2. The third-order valence-electron chi connectivity index (χ3n) is 2.65. The van der Waals surface area contributed by atoms with E-state index in [1.165, 1.54) is 4.90 Å². The van der Waals surface area contributed by atoms with E-state index in [-0.39, 0.29) is 11.8 Å². The van der Waals surface area contributed by atoms with E-state index in [0.29, 0.717) is 17.9 Å². The van der Waals surface area contributed by atoms with Gasteiger partial charge in [0.05, 0.1) is 5.69 Å². The average molecular weight is 252 g/mol. The first-order chi connectivity index (χ1) is 8.36. The van der Waals surface area contributed by atoms with Crippen LogP contribution in [0, 0.1) is 0 Å². The van der Waals surface area contributed by atoms with Gasteiger partial charge in [-0.3, -0.25) is 9.59 Å². The van der Waals surface area contributed by atoms with Crippen LogP contribution in [-0.2, 0) is 11.3 Å². The summed E-state index contributed by atoms with van der Waals surface area (Å²) in [6.45, 7) is 4.23. The number of nitrogen functional groups attached to an aromatic ring is 1. The molecule has 0 bridgehead atoms. The van der Waals surface area contributed by atoms with Gasteiger partial charge in [-0.2, -0.15) is 0 Å². The van der Waals surface area contributed by atoms with Gasteiger partial charge in [-0.1, -0.05) is 0 Å². The van der Waals surface area contributed by atoms with E-state index in [0.717, 1.165) is 0 Å². The Morgan fingerprint density at radius 2 is 2.11 bits per heavy atom. The van der Waals surface area contributed by atoms with Crippen molar-refractivity contribution < 1.29 is 9.59 Å². The van der Waals surface area contributed by atoms with Crippen LogP contribution in [0.3, 0.4) is 0 Å². The van der Waals surface area contributed by atoms with Crippen LogP contribution in [0.4, 0.5) is 5.69 Å². The molecule has 1 rings (SSSR count). The van der Waals surface area contributed by atoms with E-state index >= 15 is 0 Å². The molecule has 0 aliphatic carbocycles. The molecular weight excluding hydrogens is 232 g/mol. The molecule has 18 heavy (non-hydrogen) atoms. The van der Waals surface area contributed by atoms with Gasteiger partial charge in [0.25, 0.3) is 5.91 Å². The normalized spacial score (nSPS) is 12.0. The number of nitrogens with two attached hydrogens (primary N) is 1. The Hall–Kier alpha value is -1.98. The monoisotopic (exact) mass is 252 g/mol. The lowest BCUT2D eigenvalue weighted by Gasteiger charge is -2.18. The molecule has 1 heterocycles. The lowest BCUT2D eigenvalue weighted by Crippen LogP contribution is -2.44. The molecule has 1 unspecified atom stereocenters. The molecule has 0 radical (unpaired) electrons. The first-order valence-electron chi connectivity index (χ1n) is 5.84. The number of carbonyl (C=O) groups excluding carboxylic acids is 2. The van der Waals surface area contributed by atoms with Crippen molar-refractivity contribution in [1.82, 2.24) is 14.8 Å².